The number of rotatable bonds is 6. The molecule has 0 unspecified atom stereocenters. The maximum Gasteiger partial charge on any atom is 0.266 e. The van der Waals surface area contributed by atoms with E-state index in [-0.39, 0.29) is 23.6 Å². The van der Waals surface area contributed by atoms with E-state index in [0.29, 0.717) is 24.5 Å². The molecular formula is C22H24N4O4S. The van der Waals surface area contributed by atoms with Crippen LogP contribution in [0.15, 0.2) is 59.0 Å². The van der Waals surface area contributed by atoms with Gasteiger partial charge in [-0.3, -0.25) is 4.79 Å². The Bertz CT molecular complexity index is 1110. The average molecular weight is 441 g/mol. The monoisotopic (exact) mass is 440 g/mol. The average Bonchev–Trinajstić information content (AvgIpc) is 2.78. The largest absolute Gasteiger partial charge is 0.379 e. The third-order valence-corrected chi connectivity index (χ3v) is 6.68. The van der Waals surface area contributed by atoms with E-state index in [1.54, 1.807) is 12.1 Å². The van der Waals surface area contributed by atoms with Gasteiger partial charge < -0.3 is 15.0 Å². The zero-order valence-corrected chi connectivity index (χ0v) is 18.2. The van der Waals surface area contributed by atoms with E-state index in [2.05, 4.69) is 5.32 Å². The Kier molecular flexibility index (Phi) is 7.07. The molecule has 0 aliphatic carbocycles. The molecule has 1 aliphatic rings. The maximum atomic E-state index is 12.8. The number of anilines is 2. The molecule has 1 aliphatic heterocycles. The van der Waals surface area contributed by atoms with Crippen LogP contribution in [-0.2, 0) is 19.6 Å². The van der Waals surface area contributed by atoms with Crippen molar-refractivity contribution in [2.45, 2.75) is 4.90 Å². The van der Waals surface area contributed by atoms with Crippen LogP contribution in [-0.4, -0.2) is 59.0 Å². The summed E-state index contributed by atoms with van der Waals surface area (Å²) in [5.41, 5.74) is 1.92. The quantitative estimate of drug-likeness (QED) is 0.546. The van der Waals surface area contributed by atoms with Crippen LogP contribution in [0.1, 0.15) is 5.56 Å². The van der Waals surface area contributed by atoms with E-state index >= 15 is 0 Å². The summed E-state index contributed by atoms with van der Waals surface area (Å²) in [5.74, 6) is -0.611. The number of carbonyl (C=O) groups is 1. The van der Waals surface area contributed by atoms with Gasteiger partial charge >= 0.3 is 0 Å². The van der Waals surface area contributed by atoms with Crippen LogP contribution in [0, 0.1) is 11.3 Å². The van der Waals surface area contributed by atoms with Crippen molar-refractivity contribution in [3.05, 3.63) is 59.7 Å². The Morgan fingerprint density at radius 1 is 1.16 bits per heavy atom. The Hall–Kier alpha value is -3.19. The van der Waals surface area contributed by atoms with E-state index < -0.39 is 15.9 Å². The summed E-state index contributed by atoms with van der Waals surface area (Å²) >= 11 is 0. The molecule has 1 amide bonds. The van der Waals surface area contributed by atoms with Crippen molar-refractivity contribution in [3.63, 3.8) is 0 Å². The van der Waals surface area contributed by atoms with Gasteiger partial charge in [0.25, 0.3) is 5.91 Å². The second-order valence-electron chi connectivity index (χ2n) is 7.15. The fourth-order valence-electron chi connectivity index (χ4n) is 3.05. The number of nitrogens with zero attached hydrogens (tertiary/aromatic N) is 3. The highest BCUT2D eigenvalue weighted by Gasteiger charge is 2.26. The summed E-state index contributed by atoms with van der Waals surface area (Å²) < 4.78 is 32.2. The zero-order valence-electron chi connectivity index (χ0n) is 17.4. The van der Waals surface area contributed by atoms with Crippen molar-refractivity contribution >= 4 is 33.4 Å². The second kappa shape index (κ2) is 9.75. The Morgan fingerprint density at radius 3 is 2.45 bits per heavy atom. The molecule has 9 heteroatoms. The molecule has 8 nitrogen and oxygen atoms in total. The lowest BCUT2D eigenvalue weighted by Gasteiger charge is -2.26. The maximum absolute atomic E-state index is 12.8. The summed E-state index contributed by atoms with van der Waals surface area (Å²) in [6.07, 6.45) is 1.49. The van der Waals surface area contributed by atoms with E-state index in [4.69, 9.17) is 4.74 Å². The first kappa shape index (κ1) is 22.5. The standard InChI is InChI=1S/C22H24N4O4S/c1-25(2)20-8-6-17(7-9-20)14-18(16-23)22(27)24-19-4-3-5-21(15-19)31(28,29)26-10-12-30-13-11-26/h3-9,14-15H,10-13H2,1-2H3,(H,24,27). The summed E-state index contributed by atoms with van der Waals surface area (Å²) in [5, 5.41) is 12.0. The van der Waals surface area contributed by atoms with Gasteiger partial charge in [0, 0.05) is 38.6 Å². The highest BCUT2D eigenvalue weighted by atomic mass is 32.2. The molecule has 0 bridgehead atoms. The molecule has 1 heterocycles. The SMILES string of the molecule is CN(C)c1ccc(C=C(C#N)C(=O)Nc2cccc(S(=O)(=O)N3CCOCC3)c2)cc1. The third kappa shape index (κ3) is 5.49. The second-order valence-corrected chi connectivity index (χ2v) is 9.09. The predicted octanol–water partition coefficient (Wildman–Crippen LogP) is 2.32. The Balaban J connectivity index is 1.77. The number of hydrogen-bond acceptors (Lipinski definition) is 6. The van der Waals surface area contributed by atoms with Crippen LogP contribution in [0.25, 0.3) is 6.08 Å². The van der Waals surface area contributed by atoms with Crippen molar-refractivity contribution in [3.8, 4) is 6.07 Å². The molecule has 3 rings (SSSR count). The van der Waals surface area contributed by atoms with E-state index in [1.807, 2.05) is 49.3 Å². The molecule has 2 aromatic carbocycles. The van der Waals surface area contributed by atoms with Crippen molar-refractivity contribution in [1.29, 1.82) is 5.26 Å². The first-order chi connectivity index (χ1) is 14.8. The topological polar surface area (TPSA) is 103 Å². The lowest BCUT2D eigenvalue weighted by Crippen LogP contribution is -2.40. The molecule has 162 valence electrons. The summed E-state index contributed by atoms with van der Waals surface area (Å²) in [6, 6.07) is 15.3. The van der Waals surface area contributed by atoms with Gasteiger partial charge in [0.1, 0.15) is 11.6 Å². The summed E-state index contributed by atoms with van der Waals surface area (Å²) in [7, 11) is 0.159. The smallest absolute Gasteiger partial charge is 0.266 e. The number of nitrogens with one attached hydrogen (secondary N) is 1. The van der Waals surface area contributed by atoms with Gasteiger partial charge in [0.15, 0.2) is 0 Å². The molecule has 0 aromatic heterocycles. The first-order valence-corrected chi connectivity index (χ1v) is 11.1. The number of benzene rings is 2. The highest BCUT2D eigenvalue weighted by molar-refractivity contribution is 7.89. The number of morpholine rings is 1. The zero-order chi connectivity index (χ0) is 22.4. The first-order valence-electron chi connectivity index (χ1n) is 9.70. The fourth-order valence-corrected chi connectivity index (χ4v) is 4.51. The fraction of sp³-hybridized carbons (Fsp3) is 0.273. The normalized spacial score (nSPS) is 15.2. The van der Waals surface area contributed by atoms with E-state index in [9.17, 15) is 18.5 Å². The number of sulfonamides is 1. The van der Waals surface area contributed by atoms with Crippen molar-refractivity contribution in [1.82, 2.24) is 4.31 Å². The van der Waals surface area contributed by atoms with Crippen molar-refractivity contribution < 1.29 is 17.9 Å². The van der Waals surface area contributed by atoms with Crippen LogP contribution in [0.4, 0.5) is 11.4 Å². The van der Waals surface area contributed by atoms with Crippen LogP contribution in [0.2, 0.25) is 0 Å². The molecular weight excluding hydrogens is 416 g/mol. The molecule has 0 radical (unpaired) electrons. The molecule has 31 heavy (non-hydrogen) atoms. The van der Waals surface area contributed by atoms with Gasteiger partial charge in [0.05, 0.1) is 18.1 Å². The lowest BCUT2D eigenvalue weighted by atomic mass is 10.1. The van der Waals surface area contributed by atoms with Crippen LogP contribution in [0.5, 0.6) is 0 Å². The minimum absolute atomic E-state index is 0.0777. The minimum atomic E-state index is -3.69. The van der Waals surface area contributed by atoms with Crippen LogP contribution in [0.3, 0.4) is 0 Å². The number of carbonyl (C=O) groups excluding carboxylic acids is 1. The van der Waals surface area contributed by atoms with Gasteiger partial charge in [-0.25, -0.2) is 8.42 Å². The van der Waals surface area contributed by atoms with E-state index in [1.165, 1.54) is 22.5 Å². The van der Waals surface area contributed by atoms with Gasteiger partial charge in [0.2, 0.25) is 10.0 Å². The molecule has 1 saturated heterocycles. The predicted molar refractivity (Wildman–Crippen MR) is 119 cm³/mol. The molecule has 0 atom stereocenters. The van der Waals surface area contributed by atoms with Crippen LogP contribution < -0.4 is 10.2 Å². The number of amides is 1. The van der Waals surface area contributed by atoms with Gasteiger partial charge in [-0.15, -0.1) is 0 Å². The summed E-state index contributed by atoms with van der Waals surface area (Å²) in [6.45, 7) is 1.27. The molecule has 0 spiro atoms. The molecule has 0 saturated carbocycles. The molecule has 2 aromatic rings. The number of hydrogen-bond donors (Lipinski definition) is 1. The molecule has 1 fully saturated rings. The Labute approximate surface area is 182 Å². The van der Waals surface area contributed by atoms with Gasteiger partial charge in [-0.1, -0.05) is 18.2 Å². The number of ether oxygens (including phenoxy) is 1. The van der Waals surface area contributed by atoms with Crippen molar-refractivity contribution in [2.75, 3.05) is 50.6 Å². The minimum Gasteiger partial charge on any atom is -0.379 e. The number of nitriles is 1. The van der Waals surface area contributed by atoms with Crippen molar-refractivity contribution in [2.24, 2.45) is 0 Å². The van der Waals surface area contributed by atoms with Gasteiger partial charge in [-0.05, 0) is 42.0 Å². The summed E-state index contributed by atoms with van der Waals surface area (Å²) in [4.78, 5) is 14.6. The lowest BCUT2D eigenvalue weighted by molar-refractivity contribution is -0.112. The van der Waals surface area contributed by atoms with Gasteiger partial charge in [-0.2, -0.15) is 9.57 Å². The Morgan fingerprint density at radius 2 is 1.84 bits per heavy atom. The molecule has 1 N–H and O–H groups in total. The van der Waals surface area contributed by atoms with Crippen LogP contribution >= 0.6 is 0 Å². The highest BCUT2D eigenvalue weighted by Crippen LogP contribution is 2.21. The van der Waals surface area contributed by atoms with E-state index in [0.717, 1.165) is 5.69 Å². The third-order valence-electron chi connectivity index (χ3n) is 4.79.